The summed E-state index contributed by atoms with van der Waals surface area (Å²) in [6, 6.07) is 8.02. The van der Waals surface area contributed by atoms with Gasteiger partial charge >= 0.3 is 0 Å². The highest BCUT2D eigenvalue weighted by Gasteiger charge is 2.03. The average Bonchev–Trinajstić information content (AvgIpc) is 2.72. The van der Waals surface area contributed by atoms with E-state index in [-0.39, 0.29) is 0 Å². The van der Waals surface area contributed by atoms with E-state index in [0.717, 1.165) is 11.3 Å². The number of aryl methyl sites for hydroxylation is 1. The van der Waals surface area contributed by atoms with Crippen molar-refractivity contribution in [2.75, 3.05) is 0 Å². The molecule has 1 atom stereocenters. The van der Waals surface area contributed by atoms with E-state index in [1.807, 2.05) is 42.3 Å². The number of hydrogen-bond acceptors (Lipinski definition) is 3. The van der Waals surface area contributed by atoms with Crippen molar-refractivity contribution in [1.29, 1.82) is 0 Å². The van der Waals surface area contributed by atoms with Gasteiger partial charge in [-0.25, -0.2) is 4.98 Å². The molecule has 0 aliphatic rings. The lowest BCUT2D eigenvalue weighted by molar-refractivity contribution is 0.199. The molecule has 0 saturated heterocycles. The fourth-order valence-electron chi connectivity index (χ4n) is 1.55. The predicted molar refractivity (Wildman–Crippen MR) is 69.8 cm³/mol. The molecule has 1 heterocycles. The minimum Gasteiger partial charge on any atom is -0.389 e. The molecule has 0 amide bonds. The van der Waals surface area contributed by atoms with Crippen molar-refractivity contribution in [3.8, 4) is 0 Å². The number of aromatic nitrogens is 2. The van der Waals surface area contributed by atoms with Crippen LogP contribution >= 0.6 is 11.8 Å². The van der Waals surface area contributed by atoms with Gasteiger partial charge in [0.15, 0.2) is 0 Å². The van der Waals surface area contributed by atoms with E-state index in [0.29, 0.717) is 0 Å². The van der Waals surface area contributed by atoms with E-state index in [9.17, 15) is 5.11 Å². The van der Waals surface area contributed by atoms with Gasteiger partial charge in [0, 0.05) is 29.6 Å². The number of thioether (sulfide) groups is 1. The lowest BCUT2D eigenvalue weighted by Crippen LogP contribution is -1.93. The summed E-state index contributed by atoms with van der Waals surface area (Å²) in [6.07, 6.45) is 3.28. The van der Waals surface area contributed by atoms with Gasteiger partial charge in [0.25, 0.3) is 0 Å². The highest BCUT2D eigenvalue weighted by atomic mass is 32.2. The normalized spacial score (nSPS) is 12.6. The van der Waals surface area contributed by atoms with E-state index in [1.54, 1.807) is 18.7 Å². The molecule has 4 heteroatoms. The van der Waals surface area contributed by atoms with E-state index in [2.05, 4.69) is 11.1 Å². The summed E-state index contributed by atoms with van der Waals surface area (Å²) < 4.78 is 2.02. The summed E-state index contributed by atoms with van der Waals surface area (Å²) >= 11 is 1.75. The zero-order valence-corrected chi connectivity index (χ0v) is 10.8. The third-order valence-electron chi connectivity index (χ3n) is 2.64. The van der Waals surface area contributed by atoms with Gasteiger partial charge in [0.2, 0.25) is 0 Å². The number of rotatable bonds is 4. The van der Waals surface area contributed by atoms with Crippen LogP contribution in [-0.2, 0) is 12.8 Å². The van der Waals surface area contributed by atoms with E-state index < -0.39 is 6.10 Å². The molecule has 1 aromatic heterocycles. The first-order valence-corrected chi connectivity index (χ1v) is 6.51. The summed E-state index contributed by atoms with van der Waals surface area (Å²) in [5.41, 5.74) is 2.15. The summed E-state index contributed by atoms with van der Waals surface area (Å²) in [4.78, 5) is 5.26. The zero-order chi connectivity index (χ0) is 12.3. The number of aliphatic hydroxyl groups excluding tert-OH is 1. The first-order valence-electron chi connectivity index (χ1n) is 5.53. The van der Waals surface area contributed by atoms with Gasteiger partial charge in [-0.1, -0.05) is 12.1 Å². The van der Waals surface area contributed by atoms with Crippen LogP contribution in [0.1, 0.15) is 24.3 Å². The molecule has 0 aliphatic heterocycles. The first kappa shape index (κ1) is 12.2. The Morgan fingerprint density at radius 1 is 1.47 bits per heavy atom. The molecule has 0 aliphatic carbocycles. The Morgan fingerprint density at radius 3 is 2.94 bits per heavy atom. The summed E-state index contributed by atoms with van der Waals surface area (Å²) in [6.45, 7) is 1.78. The number of benzene rings is 1. The highest BCUT2D eigenvalue weighted by Crippen LogP contribution is 2.25. The van der Waals surface area contributed by atoms with Crippen LogP contribution in [0.15, 0.2) is 41.7 Å². The van der Waals surface area contributed by atoms with Crippen molar-refractivity contribution in [3.05, 3.63) is 48.0 Å². The van der Waals surface area contributed by atoms with Crippen molar-refractivity contribution in [1.82, 2.24) is 9.55 Å². The van der Waals surface area contributed by atoms with Crippen molar-refractivity contribution < 1.29 is 5.11 Å². The van der Waals surface area contributed by atoms with Gasteiger partial charge in [-0.3, -0.25) is 0 Å². The second-order valence-electron chi connectivity index (χ2n) is 4.03. The van der Waals surface area contributed by atoms with Gasteiger partial charge in [-0.2, -0.15) is 0 Å². The van der Waals surface area contributed by atoms with Gasteiger partial charge in [0.05, 0.1) is 12.4 Å². The monoisotopic (exact) mass is 248 g/mol. The van der Waals surface area contributed by atoms with Gasteiger partial charge < -0.3 is 9.67 Å². The molecule has 3 nitrogen and oxygen atoms in total. The van der Waals surface area contributed by atoms with Crippen molar-refractivity contribution >= 4 is 11.8 Å². The Balaban J connectivity index is 2.04. The minimum atomic E-state index is -0.410. The minimum absolute atomic E-state index is 0.410. The number of nitrogens with zero attached hydrogens (tertiary/aromatic N) is 2. The van der Waals surface area contributed by atoms with Crippen molar-refractivity contribution in [2.45, 2.75) is 23.7 Å². The summed E-state index contributed by atoms with van der Waals surface area (Å²) in [5, 5.41) is 9.52. The molecule has 17 heavy (non-hydrogen) atoms. The molecule has 1 aromatic carbocycles. The van der Waals surface area contributed by atoms with Gasteiger partial charge in [-0.15, -0.1) is 11.8 Å². The Hall–Kier alpha value is -1.26. The Kier molecular flexibility index (Phi) is 3.86. The Morgan fingerprint density at radius 2 is 2.29 bits per heavy atom. The van der Waals surface area contributed by atoms with Crippen LogP contribution in [0.3, 0.4) is 0 Å². The average molecular weight is 248 g/mol. The molecule has 0 saturated carbocycles. The molecule has 0 spiro atoms. The van der Waals surface area contributed by atoms with E-state index >= 15 is 0 Å². The fraction of sp³-hybridized carbons (Fsp3) is 0.308. The molecule has 2 aromatic rings. The van der Waals surface area contributed by atoms with E-state index in [1.165, 1.54) is 10.6 Å². The fourth-order valence-corrected chi connectivity index (χ4v) is 2.53. The maximum atomic E-state index is 9.52. The van der Waals surface area contributed by atoms with Crippen LogP contribution in [0, 0.1) is 0 Å². The Bertz CT molecular complexity index is 494. The topological polar surface area (TPSA) is 38.1 Å². The molecule has 1 N–H and O–H groups in total. The van der Waals surface area contributed by atoms with Crippen LogP contribution in [0.5, 0.6) is 0 Å². The predicted octanol–water partition coefficient (Wildman–Crippen LogP) is 2.77. The first-order chi connectivity index (χ1) is 8.16. The van der Waals surface area contributed by atoms with Crippen LogP contribution in [0.4, 0.5) is 0 Å². The maximum Gasteiger partial charge on any atom is 0.0945 e. The van der Waals surface area contributed by atoms with Crippen LogP contribution in [0.25, 0.3) is 0 Å². The second-order valence-corrected chi connectivity index (χ2v) is 5.08. The quantitative estimate of drug-likeness (QED) is 0.845. The summed E-state index contributed by atoms with van der Waals surface area (Å²) in [7, 11) is 2.00. The number of imidazole rings is 1. The van der Waals surface area contributed by atoms with Crippen molar-refractivity contribution in [2.24, 2.45) is 7.05 Å². The molecule has 1 unspecified atom stereocenters. The standard InChI is InChI=1S/C13H16N2OS/c1-10(16)11-4-3-5-13(6-11)17-8-12-7-14-9-15(12)2/h3-7,9-10,16H,8H2,1-2H3. The van der Waals surface area contributed by atoms with E-state index in [4.69, 9.17) is 0 Å². The summed E-state index contributed by atoms with van der Waals surface area (Å²) in [5.74, 6) is 0.889. The third-order valence-corrected chi connectivity index (χ3v) is 3.67. The molecule has 0 bridgehead atoms. The molecule has 0 radical (unpaired) electrons. The maximum absolute atomic E-state index is 9.52. The third kappa shape index (κ3) is 3.11. The Labute approximate surface area is 106 Å². The largest absolute Gasteiger partial charge is 0.389 e. The van der Waals surface area contributed by atoms with Crippen LogP contribution in [-0.4, -0.2) is 14.7 Å². The van der Waals surface area contributed by atoms with Crippen LogP contribution in [0.2, 0.25) is 0 Å². The molecular weight excluding hydrogens is 232 g/mol. The lowest BCUT2D eigenvalue weighted by atomic mass is 10.1. The highest BCUT2D eigenvalue weighted by molar-refractivity contribution is 7.98. The second kappa shape index (κ2) is 5.38. The molecule has 2 rings (SSSR count). The van der Waals surface area contributed by atoms with Crippen molar-refractivity contribution in [3.63, 3.8) is 0 Å². The molecule has 0 fully saturated rings. The smallest absolute Gasteiger partial charge is 0.0945 e. The number of hydrogen-bond donors (Lipinski definition) is 1. The lowest BCUT2D eigenvalue weighted by Gasteiger charge is -2.07. The van der Waals surface area contributed by atoms with Gasteiger partial charge in [-0.05, 0) is 24.6 Å². The molecular formula is C13H16N2OS. The van der Waals surface area contributed by atoms with Crippen LogP contribution < -0.4 is 0 Å². The zero-order valence-electron chi connectivity index (χ0n) is 10.00. The SMILES string of the molecule is CC(O)c1cccc(SCc2cncn2C)c1. The number of aliphatic hydroxyl groups is 1. The van der Waals surface area contributed by atoms with Gasteiger partial charge in [0.1, 0.15) is 0 Å². The molecule has 90 valence electrons.